The maximum Gasteiger partial charge on any atom is 0.271 e. The Labute approximate surface area is 185 Å². The molecule has 0 spiro atoms. The highest BCUT2D eigenvalue weighted by atomic mass is 35.5. The highest BCUT2D eigenvalue weighted by Gasteiger charge is 2.20. The number of carbonyl (C=O) groups is 2. The molecule has 0 heterocycles. The summed E-state index contributed by atoms with van der Waals surface area (Å²) in [5, 5.41) is 0.0385. The number of benzene rings is 3. The molecule has 0 saturated carbocycles. The van der Waals surface area contributed by atoms with Crippen molar-refractivity contribution in [3.05, 3.63) is 94.0 Å². The standard InChI is InChI=1S/C22H20ClN3O4S/c1-14-8-9-17(12-15(14)2)26-31(29,30)18-10-11-20(23)19(13-18)22(28)25-24-21(27)16-6-4-3-5-7-16/h3-13,26H,1-2H3,(H,24,27)(H,25,28). The van der Waals surface area contributed by atoms with Gasteiger partial charge in [0.1, 0.15) is 0 Å². The second kappa shape index (κ2) is 9.20. The van der Waals surface area contributed by atoms with E-state index in [1.807, 2.05) is 19.9 Å². The van der Waals surface area contributed by atoms with E-state index in [4.69, 9.17) is 11.6 Å². The molecule has 3 N–H and O–H groups in total. The minimum absolute atomic E-state index is 0.0385. The van der Waals surface area contributed by atoms with Gasteiger partial charge in [0.2, 0.25) is 0 Å². The van der Waals surface area contributed by atoms with Gasteiger partial charge >= 0.3 is 0 Å². The van der Waals surface area contributed by atoms with Crippen LogP contribution in [0.4, 0.5) is 5.69 Å². The lowest BCUT2D eigenvalue weighted by molar-refractivity contribution is 0.0846. The minimum atomic E-state index is -3.97. The lowest BCUT2D eigenvalue weighted by atomic mass is 10.1. The Balaban J connectivity index is 1.77. The Morgan fingerprint density at radius 1 is 0.806 bits per heavy atom. The lowest BCUT2D eigenvalue weighted by Crippen LogP contribution is -2.41. The Kier molecular flexibility index (Phi) is 6.62. The minimum Gasteiger partial charge on any atom is -0.280 e. The van der Waals surface area contributed by atoms with Crippen molar-refractivity contribution in [2.24, 2.45) is 0 Å². The van der Waals surface area contributed by atoms with Gasteiger partial charge < -0.3 is 0 Å². The normalized spacial score (nSPS) is 10.9. The summed E-state index contributed by atoms with van der Waals surface area (Å²) in [6, 6.07) is 17.2. The highest BCUT2D eigenvalue weighted by molar-refractivity contribution is 7.92. The molecular formula is C22H20ClN3O4S. The molecule has 7 nitrogen and oxygen atoms in total. The quantitative estimate of drug-likeness (QED) is 0.506. The molecule has 0 atom stereocenters. The molecule has 3 aromatic rings. The lowest BCUT2D eigenvalue weighted by Gasteiger charge is -2.12. The second-order valence-corrected chi connectivity index (χ2v) is 8.91. The van der Waals surface area contributed by atoms with Gasteiger partial charge in [-0.05, 0) is 67.4 Å². The van der Waals surface area contributed by atoms with Crippen LogP contribution in [0.25, 0.3) is 0 Å². The summed E-state index contributed by atoms with van der Waals surface area (Å²) in [7, 11) is -3.97. The van der Waals surface area contributed by atoms with E-state index in [0.29, 0.717) is 11.3 Å². The van der Waals surface area contributed by atoms with Gasteiger partial charge in [0, 0.05) is 11.3 Å². The van der Waals surface area contributed by atoms with Crippen LogP contribution >= 0.6 is 11.6 Å². The van der Waals surface area contributed by atoms with E-state index in [1.165, 1.54) is 12.1 Å². The fraction of sp³-hybridized carbons (Fsp3) is 0.0909. The molecule has 0 aliphatic carbocycles. The van der Waals surface area contributed by atoms with Crippen molar-refractivity contribution >= 4 is 39.1 Å². The van der Waals surface area contributed by atoms with Gasteiger partial charge in [-0.2, -0.15) is 0 Å². The second-order valence-electron chi connectivity index (χ2n) is 6.82. The topological polar surface area (TPSA) is 104 Å². The van der Waals surface area contributed by atoms with E-state index in [2.05, 4.69) is 15.6 Å². The molecule has 31 heavy (non-hydrogen) atoms. The fourth-order valence-electron chi connectivity index (χ4n) is 2.71. The number of rotatable bonds is 5. The zero-order valence-corrected chi connectivity index (χ0v) is 18.3. The average Bonchev–Trinajstić information content (AvgIpc) is 2.75. The molecule has 2 amide bonds. The molecule has 0 fully saturated rings. The van der Waals surface area contributed by atoms with E-state index in [-0.39, 0.29) is 15.5 Å². The summed E-state index contributed by atoms with van der Waals surface area (Å²) in [4.78, 5) is 24.4. The van der Waals surface area contributed by atoms with Gasteiger partial charge in [-0.15, -0.1) is 0 Å². The van der Waals surface area contributed by atoms with Gasteiger partial charge in [0.25, 0.3) is 21.8 Å². The van der Waals surface area contributed by atoms with Gasteiger partial charge in [0.05, 0.1) is 15.5 Å². The Morgan fingerprint density at radius 3 is 2.16 bits per heavy atom. The molecule has 9 heteroatoms. The monoisotopic (exact) mass is 457 g/mol. The Hall–Kier alpha value is -3.36. The number of hydrogen-bond donors (Lipinski definition) is 3. The predicted octanol–water partition coefficient (Wildman–Crippen LogP) is 3.83. The molecule has 0 radical (unpaired) electrons. The summed E-state index contributed by atoms with van der Waals surface area (Å²) in [6.07, 6.45) is 0. The maximum absolute atomic E-state index is 12.8. The van der Waals surface area contributed by atoms with Crippen molar-refractivity contribution in [1.82, 2.24) is 10.9 Å². The zero-order valence-electron chi connectivity index (χ0n) is 16.8. The van der Waals surface area contributed by atoms with Crippen LogP contribution in [0.15, 0.2) is 71.6 Å². The molecule has 0 saturated heterocycles. The third-order valence-corrected chi connectivity index (χ3v) is 6.29. The molecule has 0 aliphatic heterocycles. The van der Waals surface area contributed by atoms with Crippen LogP contribution in [0.3, 0.4) is 0 Å². The number of nitrogens with one attached hydrogen (secondary N) is 3. The van der Waals surface area contributed by atoms with Crippen molar-refractivity contribution in [1.29, 1.82) is 0 Å². The number of anilines is 1. The number of carbonyl (C=O) groups excluding carboxylic acids is 2. The first-order valence-corrected chi connectivity index (χ1v) is 11.1. The summed E-state index contributed by atoms with van der Waals surface area (Å²) in [6.45, 7) is 3.80. The number of aryl methyl sites for hydroxylation is 2. The Bertz CT molecular complexity index is 1240. The molecule has 0 aromatic heterocycles. The van der Waals surface area contributed by atoms with Crippen molar-refractivity contribution in [3.8, 4) is 0 Å². The van der Waals surface area contributed by atoms with Crippen LogP contribution in [-0.2, 0) is 10.0 Å². The average molecular weight is 458 g/mol. The number of amides is 2. The van der Waals surface area contributed by atoms with Crippen molar-refractivity contribution in [2.45, 2.75) is 18.7 Å². The van der Waals surface area contributed by atoms with Crippen molar-refractivity contribution in [2.75, 3.05) is 4.72 Å². The van der Waals surface area contributed by atoms with Crippen LogP contribution < -0.4 is 15.6 Å². The summed E-state index contributed by atoms with van der Waals surface area (Å²) >= 11 is 6.08. The van der Waals surface area contributed by atoms with Crippen LogP contribution in [0.1, 0.15) is 31.8 Å². The summed E-state index contributed by atoms with van der Waals surface area (Å²) < 4.78 is 28.0. The molecule has 0 bridgehead atoms. The largest absolute Gasteiger partial charge is 0.280 e. The molecule has 0 unspecified atom stereocenters. The smallest absolute Gasteiger partial charge is 0.271 e. The van der Waals surface area contributed by atoms with E-state index >= 15 is 0 Å². The first-order chi connectivity index (χ1) is 14.7. The van der Waals surface area contributed by atoms with Crippen LogP contribution in [0, 0.1) is 13.8 Å². The number of sulfonamides is 1. The third kappa shape index (κ3) is 5.42. The van der Waals surface area contributed by atoms with Crippen molar-refractivity contribution in [3.63, 3.8) is 0 Å². The highest BCUT2D eigenvalue weighted by Crippen LogP contribution is 2.23. The number of hydrogen-bond acceptors (Lipinski definition) is 4. The SMILES string of the molecule is Cc1ccc(NS(=O)(=O)c2ccc(Cl)c(C(=O)NNC(=O)c3ccccc3)c2)cc1C. The van der Waals surface area contributed by atoms with Crippen LogP contribution in [0.2, 0.25) is 5.02 Å². The molecule has 0 aliphatic rings. The first-order valence-electron chi connectivity index (χ1n) is 9.23. The van der Waals surface area contributed by atoms with Crippen molar-refractivity contribution < 1.29 is 18.0 Å². The summed E-state index contributed by atoms with van der Waals surface area (Å²) in [5.41, 5.74) is 7.14. The molecular weight excluding hydrogens is 438 g/mol. The van der Waals surface area contributed by atoms with Crippen LogP contribution in [0.5, 0.6) is 0 Å². The number of hydrazine groups is 1. The zero-order chi connectivity index (χ0) is 22.6. The van der Waals surface area contributed by atoms with Crippen LogP contribution in [-0.4, -0.2) is 20.2 Å². The number of halogens is 1. The fourth-order valence-corrected chi connectivity index (χ4v) is 3.99. The van der Waals surface area contributed by atoms with E-state index < -0.39 is 21.8 Å². The molecule has 3 aromatic carbocycles. The van der Waals surface area contributed by atoms with E-state index in [0.717, 1.165) is 17.2 Å². The van der Waals surface area contributed by atoms with E-state index in [1.54, 1.807) is 42.5 Å². The van der Waals surface area contributed by atoms with E-state index in [9.17, 15) is 18.0 Å². The summed E-state index contributed by atoms with van der Waals surface area (Å²) in [5.74, 6) is -1.28. The third-order valence-electron chi connectivity index (χ3n) is 4.58. The van der Waals surface area contributed by atoms with Gasteiger partial charge in [-0.1, -0.05) is 35.9 Å². The predicted molar refractivity (Wildman–Crippen MR) is 120 cm³/mol. The maximum atomic E-state index is 12.8. The van der Waals surface area contributed by atoms with Gasteiger partial charge in [-0.3, -0.25) is 25.2 Å². The molecule has 3 rings (SSSR count). The first kappa shape index (κ1) is 22.3. The Morgan fingerprint density at radius 2 is 1.48 bits per heavy atom. The van der Waals surface area contributed by atoms with Gasteiger partial charge in [0.15, 0.2) is 0 Å². The van der Waals surface area contributed by atoms with Gasteiger partial charge in [-0.25, -0.2) is 8.42 Å². The molecule has 160 valence electrons.